The molecule has 0 saturated carbocycles. The summed E-state index contributed by atoms with van der Waals surface area (Å²) in [4.78, 5) is 12.3. The number of amides is 1. The maximum Gasteiger partial charge on any atom is 0.225 e. The molecule has 29 heavy (non-hydrogen) atoms. The second-order valence-electron chi connectivity index (χ2n) is 6.90. The lowest BCUT2D eigenvalue weighted by molar-refractivity contribution is -0.120. The van der Waals surface area contributed by atoms with E-state index >= 15 is 0 Å². The van der Waals surface area contributed by atoms with E-state index in [1.54, 1.807) is 7.11 Å². The first-order valence-corrected chi connectivity index (χ1v) is 10.3. The summed E-state index contributed by atoms with van der Waals surface area (Å²) >= 11 is 1.50. The quantitative estimate of drug-likeness (QED) is 0.646. The van der Waals surface area contributed by atoms with Crippen molar-refractivity contribution in [3.8, 4) is 11.8 Å². The Labute approximate surface area is 174 Å². The third kappa shape index (κ3) is 4.13. The van der Waals surface area contributed by atoms with Crippen molar-refractivity contribution in [3.05, 3.63) is 88.5 Å². The van der Waals surface area contributed by atoms with Crippen LogP contribution in [0.15, 0.2) is 77.3 Å². The van der Waals surface area contributed by atoms with E-state index in [9.17, 15) is 10.1 Å². The highest BCUT2D eigenvalue weighted by Crippen LogP contribution is 2.37. The lowest BCUT2D eigenvalue weighted by Crippen LogP contribution is -2.30. The van der Waals surface area contributed by atoms with Gasteiger partial charge in [0.25, 0.3) is 0 Å². The molecular weight excluding hydrogens is 380 g/mol. The van der Waals surface area contributed by atoms with Gasteiger partial charge in [0.1, 0.15) is 5.75 Å². The Balaban J connectivity index is 1.59. The van der Waals surface area contributed by atoms with E-state index in [0.29, 0.717) is 16.4 Å². The van der Waals surface area contributed by atoms with Gasteiger partial charge in [-0.05, 0) is 34.0 Å². The predicted molar refractivity (Wildman–Crippen MR) is 116 cm³/mol. The van der Waals surface area contributed by atoms with Crippen LogP contribution in [0.1, 0.15) is 23.5 Å². The number of carbonyl (C=O) groups is 1. The predicted octanol–water partition coefficient (Wildman–Crippen LogP) is 5.12. The molecule has 0 saturated heterocycles. The highest BCUT2D eigenvalue weighted by Gasteiger charge is 2.29. The molecule has 1 atom stereocenters. The monoisotopic (exact) mass is 400 g/mol. The van der Waals surface area contributed by atoms with Gasteiger partial charge in [0.2, 0.25) is 5.91 Å². The van der Waals surface area contributed by atoms with Crippen LogP contribution in [0.2, 0.25) is 0 Å². The number of nitrogens with one attached hydrogen (secondary N) is 1. The smallest absolute Gasteiger partial charge is 0.225 e. The molecule has 1 aliphatic heterocycles. The minimum absolute atomic E-state index is 0.0640. The largest absolute Gasteiger partial charge is 0.497 e. The van der Waals surface area contributed by atoms with Crippen LogP contribution in [0.3, 0.4) is 0 Å². The molecule has 0 fully saturated rings. The van der Waals surface area contributed by atoms with Crippen molar-refractivity contribution in [2.45, 2.75) is 18.1 Å². The Morgan fingerprint density at radius 2 is 1.86 bits per heavy atom. The fourth-order valence-electron chi connectivity index (χ4n) is 3.54. The minimum Gasteiger partial charge on any atom is -0.497 e. The van der Waals surface area contributed by atoms with Crippen LogP contribution in [-0.4, -0.2) is 13.0 Å². The van der Waals surface area contributed by atoms with E-state index in [-0.39, 0.29) is 18.2 Å². The molecule has 0 radical (unpaired) electrons. The van der Waals surface area contributed by atoms with Crippen molar-refractivity contribution in [2.24, 2.45) is 0 Å². The van der Waals surface area contributed by atoms with Crippen molar-refractivity contribution in [3.63, 3.8) is 0 Å². The van der Waals surface area contributed by atoms with Gasteiger partial charge in [-0.2, -0.15) is 5.26 Å². The summed E-state index contributed by atoms with van der Waals surface area (Å²) in [7, 11) is 1.62. The summed E-state index contributed by atoms with van der Waals surface area (Å²) in [5.74, 6) is 1.13. The molecule has 1 amide bonds. The zero-order valence-electron chi connectivity index (χ0n) is 16.0. The van der Waals surface area contributed by atoms with Crippen molar-refractivity contribution in [1.29, 1.82) is 5.26 Å². The van der Waals surface area contributed by atoms with E-state index in [1.165, 1.54) is 22.5 Å². The number of carbonyl (C=O) groups excluding carboxylic acids is 1. The normalized spacial score (nSPS) is 16.4. The highest BCUT2D eigenvalue weighted by molar-refractivity contribution is 8.02. The molecule has 3 aromatic rings. The average molecular weight is 401 g/mol. The van der Waals surface area contributed by atoms with Crippen molar-refractivity contribution >= 4 is 28.4 Å². The molecule has 0 aromatic heterocycles. The van der Waals surface area contributed by atoms with Crippen LogP contribution in [0.25, 0.3) is 10.8 Å². The van der Waals surface area contributed by atoms with Gasteiger partial charge in [-0.1, -0.05) is 54.6 Å². The van der Waals surface area contributed by atoms with Crippen LogP contribution in [0, 0.1) is 11.3 Å². The van der Waals surface area contributed by atoms with Crippen LogP contribution >= 0.6 is 11.8 Å². The van der Waals surface area contributed by atoms with Crippen LogP contribution in [0.5, 0.6) is 5.75 Å². The van der Waals surface area contributed by atoms with Crippen molar-refractivity contribution in [2.75, 3.05) is 7.11 Å². The van der Waals surface area contributed by atoms with Gasteiger partial charge < -0.3 is 10.1 Å². The molecule has 0 unspecified atom stereocenters. The lowest BCUT2D eigenvalue weighted by Gasteiger charge is -2.25. The van der Waals surface area contributed by atoms with Gasteiger partial charge in [0, 0.05) is 18.1 Å². The Bertz CT molecular complexity index is 1130. The number of hydrogen-bond donors (Lipinski definition) is 1. The third-order valence-electron chi connectivity index (χ3n) is 5.07. The number of hydrogen-bond acceptors (Lipinski definition) is 4. The molecule has 5 heteroatoms. The Morgan fingerprint density at radius 1 is 1.10 bits per heavy atom. The fraction of sp³-hybridized carbons (Fsp3) is 0.167. The number of allylic oxidation sites excluding steroid dienone is 1. The molecule has 1 N–H and O–H groups in total. The molecule has 0 spiro atoms. The number of ether oxygens (including phenoxy) is 1. The zero-order valence-corrected chi connectivity index (χ0v) is 16.8. The van der Waals surface area contributed by atoms with Gasteiger partial charge in [0.05, 0.1) is 23.8 Å². The van der Waals surface area contributed by atoms with Crippen molar-refractivity contribution in [1.82, 2.24) is 5.32 Å². The van der Waals surface area contributed by atoms with Crippen LogP contribution in [-0.2, 0) is 10.5 Å². The SMILES string of the molecule is COc1ccc([C@@H]2CC(=O)NC(SCc3ccc4ccccc4c3)=C2C#N)cc1. The first-order valence-electron chi connectivity index (χ1n) is 9.36. The first-order chi connectivity index (χ1) is 14.2. The number of benzene rings is 3. The van der Waals surface area contributed by atoms with Gasteiger partial charge in [-0.25, -0.2) is 0 Å². The maximum absolute atomic E-state index is 12.3. The third-order valence-corrected chi connectivity index (χ3v) is 6.16. The van der Waals surface area contributed by atoms with E-state index in [0.717, 1.165) is 16.9 Å². The highest BCUT2D eigenvalue weighted by atomic mass is 32.2. The Morgan fingerprint density at radius 3 is 2.59 bits per heavy atom. The van der Waals surface area contributed by atoms with Crippen molar-refractivity contribution < 1.29 is 9.53 Å². The molecule has 0 aliphatic carbocycles. The lowest BCUT2D eigenvalue weighted by atomic mass is 9.87. The summed E-state index contributed by atoms with van der Waals surface area (Å²) in [6.07, 6.45) is 0.273. The first kappa shape index (κ1) is 19.1. The number of fused-ring (bicyclic) bond motifs is 1. The van der Waals surface area contributed by atoms with Crippen LogP contribution < -0.4 is 10.1 Å². The van der Waals surface area contributed by atoms with E-state index in [1.807, 2.05) is 36.4 Å². The summed E-state index contributed by atoms with van der Waals surface area (Å²) in [6.45, 7) is 0. The maximum atomic E-state index is 12.3. The van der Waals surface area contributed by atoms with E-state index in [4.69, 9.17) is 4.74 Å². The Hall–Kier alpha value is -3.23. The molecule has 0 bridgehead atoms. The molecule has 1 heterocycles. The molecule has 144 valence electrons. The number of nitriles is 1. The summed E-state index contributed by atoms with van der Waals surface area (Å²) in [5.41, 5.74) is 2.71. The van der Waals surface area contributed by atoms with Gasteiger partial charge in [-0.3, -0.25) is 4.79 Å². The second-order valence-corrected chi connectivity index (χ2v) is 7.89. The molecule has 3 aromatic carbocycles. The Kier molecular flexibility index (Phi) is 5.55. The topological polar surface area (TPSA) is 62.1 Å². The summed E-state index contributed by atoms with van der Waals surface area (Å²) in [6, 6.07) is 24.5. The van der Waals surface area contributed by atoms with E-state index in [2.05, 4.69) is 41.7 Å². The fourth-order valence-corrected chi connectivity index (χ4v) is 4.56. The average Bonchev–Trinajstić information content (AvgIpc) is 2.77. The molecule has 4 rings (SSSR count). The molecule has 4 nitrogen and oxygen atoms in total. The standard InChI is InChI=1S/C24H20N2O2S/c1-28-20-10-8-18(9-11-20)21-13-23(27)26-24(22(21)14-25)29-15-16-6-7-17-4-2-3-5-19(17)12-16/h2-12,21H,13,15H2,1H3,(H,26,27)/t21-/m0/s1. The van der Waals surface area contributed by atoms with Crippen LogP contribution in [0.4, 0.5) is 0 Å². The summed E-state index contributed by atoms with van der Waals surface area (Å²) in [5, 5.41) is 15.8. The number of methoxy groups -OCH3 is 1. The van der Waals surface area contributed by atoms with E-state index < -0.39 is 0 Å². The number of nitrogens with zero attached hydrogens (tertiary/aromatic N) is 1. The van der Waals surface area contributed by atoms with Gasteiger partial charge in [0.15, 0.2) is 0 Å². The number of thioether (sulfide) groups is 1. The minimum atomic E-state index is -0.237. The second kappa shape index (κ2) is 8.42. The summed E-state index contributed by atoms with van der Waals surface area (Å²) < 4.78 is 5.21. The van der Waals surface area contributed by atoms with Gasteiger partial charge in [-0.15, -0.1) is 11.8 Å². The zero-order chi connectivity index (χ0) is 20.2. The number of rotatable bonds is 5. The molecule has 1 aliphatic rings. The molecular formula is C24H20N2O2S. The van der Waals surface area contributed by atoms with Gasteiger partial charge >= 0.3 is 0 Å².